The summed E-state index contributed by atoms with van der Waals surface area (Å²) in [7, 11) is 0. The smallest absolute Gasteiger partial charge is 0.333 e. The van der Waals surface area contributed by atoms with Crippen LogP contribution < -0.4 is 0 Å². The fourth-order valence-electron chi connectivity index (χ4n) is 0.866. The molecule has 82 valence electrons. The van der Waals surface area contributed by atoms with Crippen LogP contribution in [0.1, 0.15) is 19.8 Å². The zero-order chi connectivity index (χ0) is 10.8. The predicted molar refractivity (Wildman–Crippen MR) is 52.9 cm³/mol. The second-order valence-corrected chi connectivity index (χ2v) is 2.83. The molecule has 0 aromatic carbocycles. The van der Waals surface area contributed by atoms with Gasteiger partial charge in [0.25, 0.3) is 0 Å². The van der Waals surface area contributed by atoms with Crippen molar-refractivity contribution >= 4 is 5.97 Å². The van der Waals surface area contributed by atoms with Crippen LogP contribution in [0.2, 0.25) is 0 Å². The molecule has 14 heavy (non-hydrogen) atoms. The van der Waals surface area contributed by atoms with Gasteiger partial charge in [0.1, 0.15) is 6.61 Å². The fraction of sp³-hybridized carbons (Fsp3) is 0.700. The highest BCUT2D eigenvalue weighted by molar-refractivity contribution is 5.87. The van der Waals surface area contributed by atoms with Gasteiger partial charge in [-0.2, -0.15) is 0 Å². The molecule has 0 aliphatic carbocycles. The van der Waals surface area contributed by atoms with Gasteiger partial charge < -0.3 is 14.6 Å². The Morgan fingerprint density at radius 1 is 1.36 bits per heavy atom. The van der Waals surface area contributed by atoms with Gasteiger partial charge in [-0.05, 0) is 6.42 Å². The summed E-state index contributed by atoms with van der Waals surface area (Å²) in [6.07, 6.45) is 1.55. The number of aliphatic hydroxyl groups is 1. The monoisotopic (exact) mass is 202 g/mol. The Morgan fingerprint density at radius 2 is 2.07 bits per heavy atom. The topological polar surface area (TPSA) is 55.8 Å². The third-order valence-electron chi connectivity index (χ3n) is 1.54. The van der Waals surface area contributed by atoms with Gasteiger partial charge in [-0.1, -0.05) is 19.9 Å². The molecule has 0 amide bonds. The SMILES string of the molecule is C=C(CCC)C(=O)OCCOCCO. The Morgan fingerprint density at radius 3 is 2.64 bits per heavy atom. The highest BCUT2D eigenvalue weighted by Crippen LogP contribution is 2.03. The molecule has 0 heterocycles. The second kappa shape index (κ2) is 8.72. The van der Waals surface area contributed by atoms with E-state index in [1.165, 1.54) is 0 Å². The first-order valence-electron chi connectivity index (χ1n) is 4.75. The van der Waals surface area contributed by atoms with Crippen molar-refractivity contribution < 1.29 is 19.4 Å². The number of ether oxygens (including phenoxy) is 2. The van der Waals surface area contributed by atoms with E-state index in [9.17, 15) is 4.79 Å². The molecule has 0 fully saturated rings. The maximum atomic E-state index is 11.1. The highest BCUT2D eigenvalue weighted by atomic mass is 16.6. The zero-order valence-corrected chi connectivity index (χ0v) is 8.62. The van der Waals surface area contributed by atoms with Gasteiger partial charge in [0.05, 0.1) is 19.8 Å². The average Bonchev–Trinajstić information content (AvgIpc) is 2.17. The molecule has 0 atom stereocenters. The predicted octanol–water partition coefficient (Wildman–Crippen LogP) is 0.895. The minimum absolute atomic E-state index is 0.0174. The maximum Gasteiger partial charge on any atom is 0.333 e. The van der Waals surface area contributed by atoms with Gasteiger partial charge in [-0.25, -0.2) is 4.79 Å². The number of carbonyl (C=O) groups excluding carboxylic acids is 1. The Bertz CT molecular complexity index is 177. The number of aliphatic hydroxyl groups excluding tert-OH is 1. The summed E-state index contributed by atoms with van der Waals surface area (Å²) in [6, 6.07) is 0. The normalized spacial score (nSPS) is 9.86. The van der Waals surface area contributed by atoms with E-state index in [0.29, 0.717) is 18.6 Å². The van der Waals surface area contributed by atoms with Gasteiger partial charge in [0.2, 0.25) is 0 Å². The van der Waals surface area contributed by atoms with Gasteiger partial charge in [0, 0.05) is 5.57 Å². The lowest BCUT2D eigenvalue weighted by Gasteiger charge is -2.06. The number of carbonyl (C=O) groups is 1. The Hall–Kier alpha value is -0.870. The van der Waals surface area contributed by atoms with Crippen LogP contribution in [-0.4, -0.2) is 37.5 Å². The molecule has 0 rings (SSSR count). The van der Waals surface area contributed by atoms with Crippen molar-refractivity contribution in [1.82, 2.24) is 0 Å². The summed E-state index contributed by atoms with van der Waals surface area (Å²) in [6.45, 7) is 6.35. The first-order valence-corrected chi connectivity index (χ1v) is 4.75. The van der Waals surface area contributed by atoms with Crippen molar-refractivity contribution in [2.24, 2.45) is 0 Å². The van der Waals surface area contributed by atoms with Crippen LogP contribution in [0.15, 0.2) is 12.2 Å². The van der Waals surface area contributed by atoms with Crippen molar-refractivity contribution in [3.05, 3.63) is 12.2 Å². The van der Waals surface area contributed by atoms with Gasteiger partial charge in [-0.3, -0.25) is 0 Å². The van der Waals surface area contributed by atoms with Crippen molar-refractivity contribution in [2.75, 3.05) is 26.4 Å². The number of esters is 1. The summed E-state index contributed by atoms with van der Waals surface area (Å²) >= 11 is 0. The van der Waals surface area contributed by atoms with E-state index >= 15 is 0 Å². The minimum atomic E-state index is -0.362. The summed E-state index contributed by atoms with van der Waals surface area (Å²) in [5.41, 5.74) is 0.495. The Balaban J connectivity index is 3.39. The summed E-state index contributed by atoms with van der Waals surface area (Å²) in [5.74, 6) is -0.362. The van der Waals surface area contributed by atoms with Crippen LogP contribution in [-0.2, 0) is 14.3 Å². The van der Waals surface area contributed by atoms with E-state index in [1.807, 2.05) is 6.92 Å². The lowest BCUT2D eigenvalue weighted by molar-refractivity contribution is -0.140. The minimum Gasteiger partial charge on any atom is -0.460 e. The number of hydrogen-bond donors (Lipinski definition) is 1. The first-order chi connectivity index (χ1) is 6.72. The van der Waals surface area contributed by atoms with Gasteiger partial charge in [0.15, 0.2) is 0 Å². The summed E-state index contributed by atoms with van der Waals surface area (Å²) in [4.78, 5) is 11.1. The molecule has 0 spiro atoms. The standard InChI is InChI=1S/C10H18O4/c1-3-4-9(2)10(12)14-8-7-13-6-5-11/h11H,2-8H2,1H3. The molecule has 0 unspecified atom stereocenters. The van der Waals surface area contributed by atoms with Crippen molar-refractivity contribution in [1.29, 1.82) is 0 Å². The van der Waals surface area contributed by atoms with Gasteiger partial charge >= 0.3 is 5.97 Å². The van der Waals surface area contributed by atoms with E-state index in [4.69, 9.17) is 14.6 Å². The molecule has 0 aliphatic rings. The van der Waals surface area contributed by atoms with Gasteiger partial charge in [-0.15, -0.1) is 0 Å². The van der Waals surface area contributed by atoms with Crippen LogP contribution >= 0.6 is 0 Å². The van der Waals surface area contributed by atoms with Crippen LogP contribution in [0.3, 0.4) is 0 Å². The molecular weight excluding hydrogens is 184 g/mol. The van der Waals surface area contributed by atoms with Crippen LogP contribution in [0, 0.1) is 0 Å². The molecule has 4 heteroatoms. The molecule has 0 saturated heterocycles. The van der Waals surface area contributed by atoms with Crippen LogP contribution in [0.5, 0.6) is 0 Å². The maximum absolute atomic E-state index is 11.1. The molecule has 4 nitrogen and oxygen atoms in total. The highest BCUT2D eigenvalue weighted by Gasteiger charge is 2.06. The Kier molecular flexibility index (Phi) is 8.17. The molecule has 0 aromatic rings. The van der Waals surface area contributed by atoms with E-state index in [2.05, 4.69) is 6.58 Å². The molecule has 1 N–H and O–H groups in total. The van der Waals surface area contributed by atoms with Crippen LogP contribution in [0.25, 0.3) is 0 Å². The van der Waals surface area contributed by atoms with Crippen molar-refractivity contribution in [3.8, 4) is 0 Å². The lowest BCUT2D eigenvalue weighted by Crippen LogP contribution is -2.13. The quantitative estimate of drug-likeness (QED) is 0.361. The zero-order valence-electron chi connectivity index (χ0n) is 8.62. The van der Waals surface area contributed by atoms with Crippen LogP contribution in [0.4, 0.5) is 0 Å². The summed E-state index contributed by atoms with van der Waals surface area (Å²) < 4.78 is 9.77. The molecule has 0 aliphatic heterocycles. The molecule has 0 aromatic heterocycles. The third-order valence-corrected chi connectivity index (χ3v) is 1.54. The largest absolute Gasteiger partial charge is 0.460 e. The molecule has 0 radical (unpaired) electrons. The lowest BCUT2D eigenvalue weighted by atomic mass is 10.2. The van der Waals surface area contributed by atoms with Crippen molar-refractivity contribution in [2.45, 2.75) is 19.8 Å². The average molecular weight is 202 g/mol. The molecular formula is C10H18O4. The number of rotatable bonds is 8. The van der Waals surface area contributed by atoms with E-state index in [1.54, 1.807) is 0 Å². The first kappa shape index (κ1) is 13.1. The fourth-order valence-corrected chi connectivity index (χ4v) is 0.866. The summed E-state index contributed by atoms with van der Waals surface area (Å²) in [5, 5.41) is 8.39. The van der Waals surface area contributed by atoms with E-state index in [-0.39, 0.29) is 25.8 Å². The number of hydrogen-bond acceptors (Lipinski definition) is 4. The molecule has 0 bridgehead atoms. The molecule has 0 saturated carbocycles. The van der Waals surface area contributed by atoms with E-state index in [0.717, 1.165) is 6.42 Å². The Labute approximate surface area is 84.5 Å². The third kappa shape index (κ3) is 6.62. The van der Waals surface area contributed by atoms with Crippen molar-refractivity contribution in [3.63, 3.8) is 0 Å². The van der Waals surface area contributed by atoms with E-state index < -0.39 is 0 Å². The second-order valence-electron chi connectivity index (χ2n) is 2.83.